The van der Waals surface area contributed by atoms with Crippen molar-refractivity contribution >= 4 is 92.8 Å². The molecular formula is C102H98Cl5F3N10O5. The summed E-state index contributed by atoms with van der Waals surface area (Å²) in [5, 5.41) is 41.1. The Morgan fingerprint density at radius 1 is 0.456 bits per heavy atom. The molecule has 23 heteroatoms. The maximum atomic E-state index is 13.3. The largest absolute Gasteiger partial charge is 0.417 e. The van der Waals surface area contributed by atoms with Gasteiger partial charge in [0, 0.05) is 94.5 Å². The lowest BCUT2D eigenvalue weighted by molar-refractivity contribution is -0.137. The Kier molecular flexibility index (Phi) is 32.0. The summed E-state index contributed by atoms with van der Waals surface area (Å²) < 4.78 is 52.9. The minimum Gasteiger partial charge on any atom is -0.360 e. The molecular weight excluding hydrogens is 1680 g/mol. The fourth-order valence-corrected chi connectivity index (χ4v) is 18.6. The molecule has 15 rings (SSSR count). The second kappa shape index (κ2) is 43.5. The highest BCUT2D eigenvalue weighted by Crippen LogP contribution is 2.43. The molecule has 0 spiro atoms. The highest BCUT2D eigenvalue weighted by atomic mass is 35.5. The molecule has 1 atom stereocenters. The number of hydrogen-bond donors (Lipinski definition) is 4. The van der Waals surface area contributed by atoms with E-state index in [0.717, 1.165) is 166 Å². The van der Waals surface area contributed by atoms with Gasteiger partial charge in [-0.3, -0.25) is 19.7 Å². The minimum atomic E-state index is -4.62. The number of nitrogens with zero attached hydrogens (tertiary/aromatic N) is 6. The number of aryl methyl sites for hydroxylation is 1. The topological polar surface area (TPSA) is 199 Å². The van der Waals surface area contributed by atoms with Gasteiger partial charge in [-0.25, -0.2) is 0 Å². The van der Waals surface area contributed by atoms with Gasteiger partial charge >= 0.3 is 6.18 Å². The first-order valence-electron chi connectivity index (χ1n) is 42.3. The van der Waals surface area contributed by atoms with Crippen molar-refractivity contribution in [3.8, 4) is 51.6 Å². The standard InChI is InChI=1S/2C35H33Cl2N3O2.C32H32ClF3N4O/c1-25(27-7-3-2-4-8-27)23-40-16-14-35(15-17-40,42-24-34(41)39-33-20-31(36)19-32(37)21-33)30-12-10-28(11-13-30)29-9-5-6-26(18-29)22-38;36-31-21-32(37)23-33(22-31)39-34(41)25-42-35(15-18-40(19-16-35)17-5-9-26-6-2-1-3-7-26)30-13-11-28(12-14-30)29-10-4-8-27(20-29)24-38;33-29-13-12-26(19-28(29)32(34,35)36)39-30(41)21-38-31(14-16-40(17-15-31)27-6-1-2-7-27)25-10-8-23(9-11-25)24-5-3-4-22(18-24)20-37/h2-13,18-21,25H,14-17,23-24H2,1H3,(H,39,41);1-4,6-8,10-14,20-23H,5,9,15-19,25H2,(H,39,41);3-5,8-13,18-19,27,38H,1-2,6-7,14-17,21H2,(H,39,41). The van der Waals surface area contributed by atoms with Crippen LogP contribution in [-0.4, -0.2) is 111 Å². The number of benzene rings is 11. The molecule has 642 valence electrons. The average molecular weight is 1780 g/mol. The van der Waals surface area contributed by atoms with Crippen LogP contribution in [0.25, 0.3) is 33.4 Å². The van der Waals surface area contributed by atoms with Crippen molar-refractivity contribution in [2.45, 2.75) is 119 Å². The summed E-state index contributed by atoms with van der Waals surface area (Å²) in [7, 11) is 0. The molecule has 11 aromatic carbocycles. The third-order valence-electron chi connectivity index (χ3n) is 24.1. The van der Waals surface area contributed by atoms with Crippen LogP contribution < -0.4 is 21.3 Å². The molecule has 11 aromatic rings. The molecule has 3 heterocycles. The molecule has 3 aliphatic heterocycles. The van der Waals surface area contributed by atoms with Crippen molar-refractivity contribution in [3.63, 3.8) is 0 Å². The van der Waals surface area contributed by atoms with E-state index >= 15 is 0 Å². The van der Waals surface area contributed by atoms with E-state index in [2.05, 4.69) is 170 Å². The summed E-state index contributed by atoms with van der Waals surface area (Å²) in [5.41, 5.74) is 12.1. The molecule has 1 saturated carbocycles. The molecule has 0 bridgehead atoms. The molecule has 3 amide bonds. The first-order valence-corrected chi connectivity index (χ1v) is 44.1. The summed E-state index contributed by atoms with van der Waals surface area (Å²) in [4.78, 5) is 46.3. The lowest BCUT2D eigenvalue weighted by Gasteiger charge is -2.45. The van der Waals surface area contributed by atoms with Gasteiger partial charge in [0.05, 0.1) is 63.2 Å². The first kappa shape index (κ1) is 92.0. The van der Waals surface area contributed by atoms with Gasteiger partial charge < -0.3 is 40.1 Å². The number of halogens is 8. The van der Waals surface area contributed by atoms with Gasteiger partial charge in [0.15, 0.2) is 0 Å². The van der Waals surface area contributed by atoms with E-state index in [1.54, 1.807) is 54.6 Å². The Morgan fingerprint density at radius 2 is 0.880 bits per heavy atom. The van der Waals surface area contributed by atoms with Crippen molar-refractivity contribution < 1.29 is 37.0 Å². The second-order valence-electron chi connectivity index (χ2n) is 32.5. The Bertz CT molecular complexity index is 5580. The monoisotopic (exact) mass is 1770 g/mol. The van der Waals surface area contributed by atoms with E-state index in [9.17, 15) is 43.3 Å². The maximum absolute atomic E-state index is 13.3. The van der Waals surface area contributed by atoms with Crippen molar-refractivity contribution in [1.82, 2.24) is 20.0 Å². The van der Waals surface area contributed by atoms with E-state index in [1.165, 1.54) is 42.9 Å². The normalized spacial score (nSPS) is 16.0. The van der Waals surface area contributed by atoms with E-state index in [4.69, 9.17) is 67.5 Å². The van der Waals surface area contributed by atoms with Gasteiger partial charge in [-0.05, 0) is 229 Å². The van der Waals surface area contributed by atoms with Gasteiger partial charge in [0.2, 0.25) is 17.7 Å². The fourth-order valence-electron chi connectivity index (χ4n) is 17.3. The molecule has 4 N–H and O–H groups in total. The molecule has 15 nitrogen and oxygen atoms in total. The number of carbonyl (C=O) groups is 3. The van der Waals surface area contributed by atoms with Crippen molar-refractivity contribution in [2.75, 3.05) is 88.1 Å². The lowest BCUT2D eigenvalue weighted by Crippen LogP contribution is -2.54. The summed E-state index contributed by atoms with van der Waals surface area (Å²) in [6.07, 6.45) is 7.19. The molecule has 125 heavy (non-hydrogen) atoms. The minimum absolute atomic E-state index is 0.0441. The van der Waals surface area contributed by atoms with Gasteiger partial charge in [-0.15, -0.1) is 0 Å². The molecule has 3 saturated heterocycles. The highest BCUT2D eigenvalue weighted by molar-refractivity contribution is 6.36. The molecule has 4 fully saturated rings. The Morgan fingerprint density at radius 3 is 1.32 bits per heavy atom. The maximum Gasteiger partial charge on any atom is 0.417 e. The van der Waals surface area contributed by atoms with Crippen LogP contribution in [0.4, 0.5) is 30.2 Å². The summed E-state index contributed by atoms with van der Waals surface area (Å²) in [6.45, 7) is 9.27. The van der Waals surface area contributed by atoms with Crippen LogP contribution in [0.3, 0.4) is 0 Å². The zero-order chi connectivity index (χ0) is 87.9. The summed E-state index contributed by atoms with van der Waals surface area (Å²) in [6, 6.07) is 89.1. The average Bonchev–Trinajstić information content (AvgIpc) is 1.22. The summed E-state index contributed by atoms with van der Waals surface area (Å²) >= 11 is 30.2. The third-order valence-corrected chi connectivity index (χ3v) is 25.3. The predicted octanol–water partition coefficient (Wildman–Crippen LogP) is 23.8. The van der Waals surface area contributed by atoms with Crippen LogP contribution >= 0.6 is 58.0 Å². The number of alkyl halides is 3. The predicted molar refractivity (Wildman–Crippen MR) is 494 cm³/mol. The number of piperidine rings is 3. The van der Waals surface area contributed by atoms with Crippen LogP contribution in [0, 0.1) is 34.0 Å². The molecule has 4 aliphatic rings. The number of nitrogens with one attached hydrogen (secondary N) is 4. The van der Waals surface area contributed by atoms with E-state index < -0.39 is 39.4 Å². The highest BCUT2D eigenvalue weighted by Gasteiger charge is 2.42. The van der Waals surface area contributed by atoms with Crippen LogP contribution in [0.15, 0.2) is 261 Å². The second-order valence-corrected chi connectivity index (χ2v) is 34.6. The summed E-state index contributed by atoms with van der Waals surface area (Å²) in [5.74, 6) is -0.540. The lowest BCUT2D eigenvalue weighted by atomic mass is 9.79. The van der Waals surface area contributed by atoms with Gasteiger partial charge in [-0.1, -0.05) is 248 Å². The number of anilines is 3. The third kappa shape index (κ3) is 25.3. The van der Waals surface area contributed by atoms with E-state index in [-0.39, 0.29) is 37.3 Å². The number of nitriles is 3. The number of rotatable bonds is 26. The van der Waals surface area contributed by atoms with Crippen LogP contribution in [0.2, 0.25) is 25.1 Å². The SMILES string of the molecule is CC(CN1CCC(OCC(=O)Nc2cc(Cl)cc(Cl)c2)(c2ccc(-c3cccc(C#N)c3)cc2)CC1)c1ccccc1.N#Cc1cccc(-c2ccc(C3(NCC(=O)Nc4ccc(Cl)c(C(F)(F)F)c4)CCN(C4CCCC4)CC3)cc2)c1.N#Cc1cccc(-c2ccc(C3(OCC(=O)Nc4cc(Cl)cc(Cl)c4)CCN(CCCc4ccccc4)CC3)cc2)c1. The molecule has 1 unspecified atom stereocenters. The van der Waals surface area contributed by atoms with Crippen molar-refractivity contribution in [1.29, 1.82) is 15.8 Å². The molecule has 0 aromatic heterocycles. The van der Waals surface area contributed by atoms with Crippen LogP contribution in [-0.2, 0) is 53.2 Å². The molecule has 1 aliphatic carbocycles. The van der Waals surface area contributed by atoms with Crippen LogP contribution in [0.5, 0.6) is 0 Å². The van der Waals surface area contributed by atoms with Gasteiger partial charge in [0.25, 0.3) is 0 Å². The number of hydrogen-bond acceptors (Lipinski definition) is 12. The molecule has 0 radical (unpaired) electrons. The quantitative estimate of drug-likeness (QED) is 0.0401. The van der Waals surface area contributed by atoms with Gasteiger partial charge in [-0.2, -0.15) is 29.0 Å². The Hall–Kier alpha value is -10.7. The number of carbonyl (C=O) groups excluding carboxylic acids is 3. The Labute approximate surface area is 755 Å². The smallest absolute Gasteiger partial charge is 0.360 e. The number of amides is 3. The number of likely N-dealkylation sites (tertiary alicyclic amines) is 3. The van der Waals surface area contributed by atoms with E-state index in [1.807, 2.05) is 78.9 Å². The fraction of sp³-hybridized carbons (Fsp3) is 0.294. The van der Waals surface area contributed by atoms with Crippen LogP contribution in [0.1, 0.15) is 134 Å². The van der Waals surface area contributed by atoms with E-state index in [0.29, 0.717) is 60.1 Å². The van der Waals surface area contributed by atoms with Gasteiger partial charge in [0.1, 0.15) is 13.2 Å². The van der Waals surface area contributed by atoms with Crippen molar-refractivity contribution in [3.05, 3.63) is 336 Å². The number of ether oxygens (including phenoxy) is 2. The van der Waals surface area contributed by atoms with Crippen molar-refractivity contribution in [2.24, 2.45) is 0 Å². The zero-order valence-electron chi connectivity index (χ0n) is 69.5. The first-order chi connectivity index (χ1) is 60.4. The zero-order valence-corrected chi connectivity index (χ0v) is 73.3. The Balaban J connectivity index is 0.000000161.